The van der Waals surface area contributed by atoms with E-state index in [0.29, 0.717) is 22.1 Å². The fourth-order valence-electron chi connectivity index (χ4n) is 2.33. The normalized spacial score (nSPS) is 12.0. The Labute approximate surface area is 128 Å². The van der Waals surface area contributed by atoms with Gasteiger partial charge in [0.15, 0.2) is 0 Å². The van der Waals surface area contributed by atoms with Crippen LogP contribution in [0.25, 0.3) is 0 Å². The summed E-state index contributed by atoms with van der Waals surface area (Å²) < 4.78 is 24.3. The summed E-state index contributed by atoms with van der Waals surface area (Å²) in [5.74, 6) is 0.917. The molecule has 2 aromatic rings. The number of halogens is 2. The van der Waals surface area contributed by atoms with Crippen LogP contribution in [0.4, 0.5) is 4.39 Å². The van der Waals surface area contributed by atoms with Crippen molar-refractivity contribution in [2.24, 2.45) is 0 Å². The van der Waals surface area contributed by atoms with Crippen LogP contribution >= 0.6 is 11.6 Å². The lowest BCUT2D eigenvalue weighted by molar-refractivity contribution is 0.395. The third-order valence-electron chi connectivity index (χ3n) is 3.30. The number of nitrogens with one attached hydrogen (secondary N) is 1. The topological polar surface area (TPSA) is 30.5 Å². The minimum Gasteiger partial charge on any atom is -0.496 e. The monoisotopic (exact) mass is 309 g/mol. The molecule has 0 aliphatic heterocycles. The highest BCUT2D eigenvalue weighted by Gasteiger charge is 2.21. The van der Waals surface area contributed by atoms with Gasteiger partial charge in [-0.1, -0.05) is 17.7 Å². The van der Waals surface area contributed by atoms with Crippen LogP contribution in [0.2, 0.25) is 5.02 Å². The van der Waals surface area contributed by atoms with Gasteiger partial charge in [-0.05, 0) is 37.4 Å². The molecule has 1 N–H and O–H groups in total. The Morgan fingerprint density at radius 1 is 1.00 bits per heavy atom. The second-order valence-electron chi connectivity index (χ2n) is 4.49. The fraction of sp³-hybridized carbons (Fsp3) is 0.250. The highest BCUT2D eigenvalue weighted by Crippen LogP contribution is 2.36. The number of ether oxygens (including phenoxy) is 2. The number of methoxy groups -OCH3 is 2. The minimum absolute atomic E-state index is 0.275. The van der Waals surface area contributed by atoms with Gasteiger partial charge in [0.1, 0.15) is 17.3 Å². The number of hydrogen-bond donors (Lipinski definition) is 1. The van der Waals surface area contributed by atoms with Crippen LogP contribution in [-0.4, -0.2) is 21.3 Å². The molecule has 0 amide bonds. The summed E-state index contributed by atoms with van der Waals surface area (Å²) in [6, 6.07) is 9.51. The molecule has 112 valence electrons. The van der Waals surface area contributed by atoms with Crippen molar-refractivity contribution in [3.63, 3.8) is 0 Å². The van der Waals surface area contributed by atoms with Gasteiger partial charge >= 0.3 is 0 Å². The second kappa shape index (κ2) is 6.78. The largest absolute Gasteiger partial charge is 0.496 e. The van der Waals surface area contributed by atoms with Crippen molar-refractivity contribution in [2.75, 3.05) is 21.3 Å². The summed E-state index contributed by atoms with van der Waals surface area (Å²) in [4.78, 5) is 0. The third-order valence-corrected chi connectivity index (χ3v) is 3.53. The molecule has 2 rings (SSSR count). The van der Waals surface area contributed by atoms with Crippen LogP contribution in [-0.2, 0) is 0 Å². The molecule has 2 aromatic carbocycles. The molecule has 0 spiro atoms. The first-order chi connectivity index (χ1) is 10.1. The smallest absolute Gasteiger partial charge is 0.125 e. The maximum atomic E-state index is 13.6. The fourth-order valence-corrected chi connectivity index (χ4v) is 2.49. The van der Waals surface area contributed by atoms with Crippen LogP contribution in [0.1, 0.15) is 17.2 Å². The summed E-state index contributed by atoms with van der Waals surface area (Å²) in [5.41, 5.74) is 1.55. The zero-order chi connectivity index (χ0) is 15.4. The van der Waals surface area contributed by atoms with Gasteiger partial charge < -0.3 is 14.8 Å². The molecule has 0 aromatic heterocycles. The molecular weight excluding hydrogens is 293 g/mol. The molecule has 3 nitrogen and oxygen atoms in total. The average Bonchev–Trinajstić information content (AvgIpc) is 2.49. The van der Waals surface area contributed by atoms with Crippen molar-refractivity contribution in [1.82, 2.24) is 5.32 Å². The number of rotatable bonds is 5. The zero-order valence-corrected chi connectivity index (χ0v) is 12.9. The van der Waals surface area contributed by atoms with Crippen LogP contribution in [0.3, 0.4) is 0 Å². The average molecular weight is 310 g/mol. The van der Waals surface area contributed by atoms with E-state index in [1.807, 2.05) is 6.07 Å². The highest BCUT2D eigenvalue weighted by atomic mass is 35.5. The number of hydrogen-bond acceptors (Lipinski definition) is 3. The van der Waals surface area contributed by atoms with E-state index in [1.54, 1.807) is 39.5 Å². The predicted octanol–water partition coefficient (Wildman–Crippen LogP) is 3.81. The molecule has 0 aliphatic carbocycles. The Morgan fingerprint density at radius 2 is 1.71 bits per heavy atom. The van der Waals surface area contributed by atoms with E-state index < -0.39 is 0 Å². The molecule has 0 heterocycles. The lowest BCUT2D eigenvalue weighted by Gasteiger charge is -2.22. The Kier molecular flexibility index (Phi) is 5.04. The number of benzene rings is 2. The zero-order valence-electron chi connectivity index (χ0n) is 12.1. The van der Waals surface area contributed by atoms with Gasteiger partial charge in [0.2, 0.25) is 0 Å². The van der Waals surface area contributed by atoms with Gasteiger partial charge in [-0.3, -0.25) is 0 Å². The first-order valence-corrected chi connectivity index (χ1v) is 6.82. The van der Waals surface area contributed by atoms with Crippen LogP contribution in [0, 0.1) is 5.82 Å². The Bertz CT molecular complexity index is 634. The van der Waals surface area contributed by atoms with E-state index in [0.717, 1.165) is 5.56 Å². The lowest BCUT2D eigenvalue weighted by atomic mass is 9.97. The standard InChI is InChI=1S/C16H17ClFNO2/c1-19-16(12-6-4-10(17)8-15(12)21-3)13-9-11(18)5-7-14(13)20-2/h4-9,16,19H,1-3H3. The van der Waals surface area contributed by atoms with E-state index in [1.165, 1.54) is 12.1 Å². The first kappa shape index (κ1) is 15.6. The SMILES string of the molecule is CNC(c1ccc(Cl)cc1OC)c1cc(F)ccc1OC. The molecule has 1 atom stereocenters. The van der Waals surface area contributed by atoms with Gasteiger partial charge in [0, 0.05) is 16.1 Å². The van der Waals surface area contributed by atoms with Crippen molar-refractivity contribution in [3.05, 3.63) is 58.4 Å². The van der Waals surface area contributed by atoms with Crippen LogP contribution in [0.15, 0.2) is 36.4 Å². The summed E-state index contributed by atoms with van der Waals surface area (Å²) in [6.07, 6.45) is 0. The highest BCUT2D eigenvalue weighted by molar-refractivity contribution is 6.30. The molecule has 0 fully saturated rings. The summed E-state index contributed by atoms with van der Waals surface area (Å²) in [7, 11) is 4.93. The Balaban J connectivity index is 2.57. The van der Waals surface area contributed by atoms with Gasteiger partial charge in [0.05, 0.1) is 20.3 Å². The molecule has 0 aliphatic rings. The molecule has 0 saturated heterocycles. The van der Waals surface area contributed by atoms with Gasteiger partial charge in [-0.25, -0.2) is 4.39 Å². The first-order valence-electron chi connectivity index (χ1n) is 6.44. The second-order valence-corrected chi connectivity index (χ2v) is 4.93. The van der Waals surface area contributed by atoms with E-state index in [-0.39, 0.29) is 11.9 Å². The molecule has 0 radical (unpaired) electrons. The van der Waals surface area contributed by atoms with Gasteiger partial charge in [-0.15, -0.1) is 0 Å². The van der Waals surface area contributed by atoms with Gasteiger partial charge in [-0.2, -0.15) is 0 Å². The quantitative estimate of drug-likeness (QED) is 0.911. The van der Waals surface area contributed by atoms with Gasteiger partial charge in [0.25, 0.3) is 0 Å². The van der Waals surface area contributed by atoms with Crippen molar-refractivity contribution in [3.8, 4) is 11.5 Å². The van der Waals surface area contributed by atoms with E-state index in [2.05, 4.69) is 5.32 Å². The van der Waals surface area contributed by atoms with Crippen molar-refractivity contribution < 1.29 is 13.9 Å². The van der Waals surface area contributed by atoms with Crippen molar-refractivity contribution in [2.45, 2.75) is 6.04 Å². The Hall–Kier alpha value is -1.78. The lowest BCUT2D eigenvalue weighted by Crippen LogP contribution is -2.19. The van der Waals surface area contributed by atoms with E-state index in [4.69, 9.17) is 21.1 Å². The maximum absolute atomic E-state index is 13.6. The van der Waals surface area contributed by atoms with Crippen molar-refractivity contribution in [1.29, 1.82) is 0 Å². The molecule has 0 saturated carbocycles. The third kappa shape index (κ3) is 3.28. The summed E-state index contributed by atoms with van der Waals surface area (Å²) >= 11 is 5.99. The van der Waals surface area contributed by atoms with Crippen LogP contribution in [0.5, 0.6) is 11.5 Å². The summed E-state index contributed by atoms with van der Waals surface area (Å²) in [5, 5.41) is 3.74. The molecule has 21 heavy (non-hydrogen) atoms. The molecule has 1 unspecified atom stereocenters. The molecule has 5 heteroatoms. The molecular formula is C16H17ClFNO2. The Morgan fingerprint density at radius 3 is 2.33 bits per heavy atom. The minimum atomic E-state index is -0.320. The van der Waals surface area contributed by atoms with E-state index >= 15 is 0 Å². The maximum Gasteiger partial charge on any atom is 0.125 e. The molecule has 0 bridgehead atoms. The summed E-state index contributed by atoms with van der Waals surface area (Å²) in [6.45, 7) is 0. The predicted molar refractivity (Wildman–Crippen MR) is 81.9 cm³/mol. The van der Waals surface area contributed by atoms with Crippen LogP contribution < -0.4 is 14.8 Å². The van der Waals surface area contributed by atoms with E-state index in [9.17, 15) is 4.39 Å². The van der Waals surface area contributed by atoms with Crippen molar-refractivity contribution >= 4 is 11.6 Å².